The fourth-order valence-electron chi connectivity index (χ4n) is 5.67. The van der Waals surface area contributed by atoms with Crippen LogP contribution in [0.1, 0.15) is 96.3 Å². The molecular formula is C25H39OPRu. The van der Waals surface area contributed by atoms with Crippen molar-refractivity contribution >= 4 is 18.3 Å². The quantitative estimate of drug-likeness (QED) is 0.305. The van der Waals surface area contributed by atoms with E-state index >= 15 is 0 Å². The van der Waals surface area contributed by atoms with Gasteiger partial charge in [-0.15, -0.1) is 0 Å². The number of hydrogen-bond acceptors (Lipinski definition) is 1. The van der Waals surface area contributed by atoms with Gasteiger partial charge in [0.05, 0.1) is 0 Å². The average molecular weight is 488 g/mol. The van der Waals surface area contributed by atoms with Crippen LogP contribution in [0.25, 0.3) is 0 Å². The molecule has 3 saturated carbocycles. The molecule has 0 aromatic carbocycles. The molecule has 0 radical (unpaired) electrons. The van der Waals surface area contributed by atoms with E-state index in [4.69, 9.17) is 0 Å². The van der Waals surface area contributed by atoms with Crippen molar-refractivity contribution in [1.82, 2.24) is 0 Å². The average Bonchev–Trinajstić information content (AvgIpc) is 2.77. The number of ketones is 1. The molecular weight excluding hydrogens is 448 g/mol. The zero-order valence-corrected chi connectivity index (χ0v) is 20.1. The van der Waals surface area contributed by atoms with Gasteiger partial charge in [0.25, 0.3) is 0 Å². The van der Waals surface area contributed by atoms with Crippen LogP contribution in [0.4, 0.5) is 0 Å². The number of allylic oxidation sites excluding steroid dienone is 4. The molecule has 3 heteroatoms. The third-order valence-electron chi connectivity index (χ3n) is 7.13. The van der Waals surface area contributed by atoms with E-state index in [-0.39, 0.29) is 11.7 Å². The number of hydrogen-bond donors (Lipinski definition) is 0. The molecule has 158 valence electrons. The summed E-state index contributed by atoms with van der Waals surface area (Å²) in [4.78, 5) is 10.8. The van der Waals surface area contributed by atoms with Gasteiger partial charge in [-0.1, -0.05) is 65.7 Å². The fourth-order valence-corrected chi connectivity index (χ4v) is 10.8. The van der Waals surface area contributed by atoms with Gasteiger partial charge in [-0.05, 0) is 55.5 Å². The van der Waals surface area contributed by atoms with Gasteiger partial charge >= 0.3 is 63.3 Å². The Balaban J connectivity index is 0.000000211. The number of rotatable bonds is 4. The van der Waals surface area contributed by atoms with Gasteiger partial charge in [0.2, 0.25) is 0 Å². The molecule has 0 aromatic rings. The second kappa shape index (κ2) is 12.7. The second-order valence-electron chi connectivity index (χ2n) is 9.11. The first-order valence-corrected chi connectivity index (χ1v) is 14.4. The Morgan fingerprint density at radius 2 is 1.14 bits per heavy atom. The monoisotopic (exact) mass is 488 g/mol. The number of carbonyl (C=O) groups is 1. The van der Waals surface area contributed by atoms with Crippen LogP contribution in [0.3, 0.4) is 0 Å². The molecule has 0 saturated heterocycles. The minimum atomic E-state index is -0.00796. The molecule has 0 aromatic heterocycles. The van der Waals surface area contributed by atoms with Crippen molar-refractivity contribution < 1.29 is 22.6 Å². The van der Waals surface area contributed by atoms with Crippen molar-refractivity contribution in [1.29, 1.82) is 0 Å². The van der Waals surface area contributed by atoms with E-state index in [1.54, 1.807) is 89.2 Å². The van der Waals surface area contributed by atoms with Gasteiger partial charge in [0.1, 0.15) is 0 Å². The van der Waals surface area contributed by atoms with E-state index in [0.29, 0.717) is 7.92 Å². The van der Waals surface area contributed by atoms with E-state index in [0.717, 1.165) is 0 Å². The Morgan fingerprint density at radius 3 is 1.46 bits per heavy atom. The maximum absolute atomic E-state index is 10.8. The summed E-state index contributed by atoms with van der Waals surface area (Å²) in [6, 6.07) is 0. The molecule has 28 heavy (non-hydrogen) atoms. The van der Waals surface area contributed by atoms with Crippen molar-refractivity contribution in [3.8, 4) is 0 Å². The summed E-state index contributed by atoms with van der Waals surface area (Å²) < 4.78 is 1.82. The van der Waals surface area contributed by atoms with Crippen LogP contribution in [0, 0.1) is 5.92 Å². The van der Waals surface area contributed by atoms with Crippen molar-refractivity contribution in [2.45, 2.75) is 113 Å². The summed E-state index contributed by atoms with van der Waals surface area (Å²) in [5, 5.41) is 0. The summed E-state index contributed by atoms with van der Waals surface area (Å²) in [6.45, 7) is 0. The summed E-state index contributed by atoms with van der Waals surface area (Å²) >= 11 is 2.35. The van der Waals surface area contributed by atoms with Crippen molar-refractivity contribution in [3.05, 3.63) is 24.3 Å². The molecule has 0 N–H and O–H groups in total. The molecule has 3 fully saturated rings. The molecule has 0 amide bonds. The topological polar surface area (TPSA) is 17.1 Å². The van der Waals surface area contributed by atoms with Crippen molar-refractivity contribution in [2.75, 3.05) is 0 Å². The standard InChI is InChI=1S/C18H33P.C7H6O.Ru/c1-4-10-16(11-5-1)19(17-12-6-2-7-13-17)18-14-8-3-9-15-18;1-6-4-2-3-5-7(6)8;/h16-18H,1-15H2;1-6H;. The van der Waals surface area contributed by atoms with E-state index in [9.17, 15) is 4.79 Å². The molecule has 4 aliphatic rings. The Kier molecular flexibility index (Phi) is 10.3. The first kappa shape index (κ1) is 22.8. The van der Waals surface area contributed by atoms with Crippen LogP contribution in [-0.2, 0) is 22.6 Å². The Bertz CT molecular complexity index is 494. The molecule has 1 atom stereocenters. The van der Waals surface area contributed by atoms with Gasteiger partial charge in [-0.2, -0.15) is 0 Å². The zero-order chi connectivity index (χ0) is 19.6. The SMILES string of the molecule is C1CCC(P(C2CCCCC2)C2CCCCC2)CC1.O=C1C=CC=CC1[CH]=[Ru]. The maximum atomic E-state index is 10.8. The first-order chi connectivity index (χ1) is 13.8. The van der Waals surface area contributed by atoms with Gasteiger partial charge in [0.15, 0.2) is 0 Å². The third-order valence-corrected chi connectivity index (χ3v) is 11.8. The predicted octanol–water partition coefficient (Wildman–Crippen LogP) is 7.11. The second-order valence-corrected chi connectivity index (χ2v) is 12.8. The number of carbonyl (C=O) groups excluding carboxylic acids is 1. The van der Waals surface area contributed by atoms with E-state index in [1.807, 2.05) is 16.8 Å². The molecule has 4 rings (SSSR count). The van der Waals surface area contributed by atoms with E-state index < -0.39 is 0 Å². The van der Waals surface area contributed by atoms with Gasteiger partial charge in [-0.25, -0.2) is 0 Å². The third kappa shape index (κ3) is 6.81. The summed E-state index contributed by atoms with van der Waals surface area (Å²) in [5.41, 5.74) is 3.57. The first-order valence-electron chi connectivity index (χ1n) is 11.9. The van der Waals surface area contributed by atoms with E-state index in [2.05, 4.69) is 17.9 Å². The molecule has 1 unspecified atom stereocenters. The van der Waals surface area contributed by atoms with E-state index in [1.165, 1.54) is 36.2 Å². The van der Waals surface area contributed by atoms with Crippen molar-refractivity contribution in [3.63, 3.8) is 0 Å². The van der Waals surface area contributed by atoms with Crippen LogP contribution >= 0.6 is 7.92 Å². The normalized spacial score (nSPS) is 27.5. The van der Waals surface area contributed by atoms with Crippen LogP contribution in [-0.4, -0.2) is 27.4 Å². The predicted molar refractivity (Wildman–Crippen MR) is 120 cm³/mol. The molecule has 0 aliphatic heterocycles. The molecule has 4 aliphatic carbocycles. The summed E-state index contributed by atoms with van der Waals surface area (Å²) in [6.07, 6.45) is 30.7. The zero-order valence-electron chi connectivity index (χ0n) is 17.5. The van der Waals surface area contributed by atoms with Gasteiger partial charge in [-0.3, -0.25) is 0 Å². The molecule has 0 bridgehead atoms. The van der Waals surface area contributed by atoms with Crippen molar-refractivity contribution in [2.24, 2.45) is 5.92 Å². The Morgan fingerprint density at radius 1 is 0.714 bits per heavy atom. The van der Waals surface area contributed by atoms with Crippen LogP contribution < -0.4 is 0 Å². The Labute approximate surface area is 184 Å². The molecule has 0 spiro atoms. The summed E-state index contributed by atoms with van der Waals surface area (Å²) in [5.74, 6) is 0.155. The molecule has 1 nitrogen and oxygen atoms in total. The Hall–Kier alpha value is 0.0734. The minimum absolute atomic E-state index is 0.00796. The molecule has 0 heterocycles. The van der Waals surface area contributed by atoms with Gasteiger partial charge < -0.3 is 0 Å². The fraction of sp³-hybridized carbons (Fsp3) is 0.760. The van der Waals surface area contributed by atoms with Gasteiger partial charge in [0, 0.05) is 0 Å². The summed E-state index contributed by atoms with van der Waals surface area (Å²) in [7, 11) is 0.385. The van der Waals surface area contributed by atoms with Crippen LogP contribution in [0.5, 0.6) is 0 Å². The van der Waals surface area contributed by atoms with Crippen LogP contribution in [0.15, 0.2) is 24.3 Å². The van der Waals surface area contributed by atoms with Crippen LogP contribution in [0.2, 0.25) is 0 Å².